The molecular weight excluding hydrogens is 354 g/mol. The Morgan fingerprint density at radius 3 is 2.60 bits per heavy atom. The van der Waals surface area contributed by atoms with E-state index in [0.717, 1.165) is 33.3 Å². The molecule has 2 aromatic heterocycles. The van der Waals surface area contributed by atoms with E-state index in [9.17, 15) is 4.79 Å². The number of amides is 1. The van der Waals surface area contributed by atoms with Gasteiger partial charge in [-0.1, -0.05) is 23.7 Å². The number of hydrogen-bond acceptors (Lipinski definition) is 4. The molecule has 0 fully saturated rings. The molecule has 3 rings (SSSR count). The zero-order valence-electron chi connectivity index (χ0n) is 13.6. The molecule has 1 N–H and O–H groups in total. The summed E-state index contributed by atoms with van der Waals surface area (Å²) in [5, 5.41) is 6.66. The highest BCUT2D eigenvalue weighted by atomic mass is 35.5. The quantitative estimate of drug-likeness (QED) is 0.678. The highest BCUT2D eigenvalue weighted by molar-refractivity contribution is 7.09. The molecule has 4 nitrogen and oxygen atoms in total. The van der Waals surface area contributed by atoms with Crippen LogP contribution in [-0.2, 0) is 17.6 Å². The molecule has 6 heteroatoms. The number of hydrogen-bond donors (Lipinski definition) is 1. The number of carbonyl (C=O) groups excluding carboxylic acids is 1. The lowest BCUT2D eigenvalue weighted by Crippen LogP contribution is -2.25. The Bertz CT molecular complexity index is 818. The monoisotopic (exact) mass is 371 g/mol. The van der Waals surface area contributed by atoms with Crippen LogP contribution >= 0.6 is 22.9 Å². The van der Waals surface area contributed by atoms with E-state index in [4.69, 9.17) is 11.6 Å². The van der Waals surface area contributed by atoms with E-state index in [2.05, 4.69) is 15.3 Å². The maximum absolute atomic E-state index is 12.0. The molecule has 1 amide bonds. The normalized spacial score (nSPS) is 10.6. The number of aryl methyl sites for hydroxylation is 1. The zero-order valence-corrected chi connectivity index (χ0v) is 15.2. The first-order valence-electron chi connectivity index (χ1n) is 8.06. The van der Waals surface area contributed by atoms with Gasteiger partial charge in [0.25, 0.3) is 0 Å². The van der Waals surface area contributed by atoms with Gasteiger partial charge < -0.3 is 5.32 Å². The maximum Gasteiger partial charge on any atom is 0.220 e. The van der Waals surface area contributed by atoms with E-state index in [1.54, 1.807) is 23.7 Å². The van der Waals surface area contributed by atoms with Gasteiger partial charge in [0.05, 0.1) is 10.7 Å². The minimum atomic E-state index is 0.0506. The van der Waals surface area contributed by atoms with Crippen molar-refractivity contribution in [3.05, 3.63) is 69.8 Å². The molecule has 1 aromatic carbocycles. The van der Waals surface area contributed by atoms with Gasteiger partial charge in [-0.05, 0) is 36.2 Å². The fraction of sp³-hybridized carbons (Fsp3) is 0.211. The molecule has 0 radical (unpaired) electrons. The Morgan fingerprint density at radius 2 is 1.84 bits per heavy atom. The van der Waals surface area contributed by atoms with Crippen molar-refractivity contribution in [1.29, 1.82) is 0 Å². The summed E-state index contributed by atoms with van der Waals surface area (Å²) in [6.07, 6.45) is 5.41. The maximum atomic E-state index is 12.0. The van der Waals surface area contributed by atoms with Crippen molar-refractivity contribution in [3.63, 3.8) is 0 Å². The van der Waals surface area contributed by atoms with Crippen molar-refractivity contribution in [3.8, 4) is 11.3 Å². The summed E-state index contributed by atoms with van der Waals surface area (Å²) in [5.74, 6) is 0.0506. The van der Waals surface area contributed by atoms with Crippen molar-refractivity contribution in [1.82, 2.24) is 15.3 Å². The van der Waals surface area contributed by atoms with Gasteiger partial charge in [-0.15, -0.1) is 11.3 Å². The Morgan fingerprint density at radius 1 is 1.08 bits per heavy atom. The summed E-state index contributed by atoms with van der Waals surface area (Å²) in [4.78, 5) is 20.6. The first kappa shape index (κ1) is 17.6. The molecule has 128 valence electrons. The topological polar surface area (TPSA) is 54.9 Å². The fourth-order valence-corrected chi connectivity index (χ4v) is 3.32. The van der Waals surface area contributed by atoms with Crippen LogP contribution in [0.3, 0.4) is 0 Å². The SMILES string of the molecule is O=C(CCc1nc(-c2ccncc2)cs1)NCCc1ccc(Cl)cc1. The van der Waals surface area contributed by atoms with Gasteiger partial charge in [0.2, 0.25) is 5.91 Å². The van der Waals surface area contributed by atoms with Crippen molar-refractivity contribution >= 4 is 28.8 Å². The van der Waals surface area contributed by atoms with Crippen molar-refractivity contribution in [2.45, 2.75) is 19.3 Å². The molecule has 25 heavy (non-hydrogen) atoms. The highest BCUT2D eigenvalue weighted by Gasteiger charge is 2.07. The largest absolute Gasteiger partial charge is 0.356 e. The van der Waals surface area contributed by atoms with Gasteiger partial charge in [-0.25, -0.2) is 4.98 Å². The smallest absolute Gasteiger partial charge is 0.220 e. The summed E-state index contributed by atoms with van der Waals surface area (Å²) in [6, 6.07) is 11.5. The second kappa shape index (κ2) is 8.74. The number of nitrogens with one attached hydrogen (secondary N) is 1. The van der Waals surface area contributed by atoms with E-state index in [1.165, 1.54) is 0 Å². The van der Waals surface area contributed by atoms with E-state index >= 15 is 0 Å². The van der Waals surface area contributed by atoms with Gasteiger partial charge in [-0.3, -0.25) is 9.78 Å². The highest BCUT2D eigenvalue weighted by Crippen LogP contribution is 2.21. The fourth-order valence-electron chi connectivity index (χ4n) is 2.39. The lowest BCUT2D eigenvalue weighted by atomic mass is 10.1. The Balaban J connectivity index is 1.42. The van der Waals surface area contributed by atoms with Crippen LogP contribution in [0.4, 0.5) is 0 Å². The molecule has 0 saturated heterocycles. The number of aromatic nitrogens is 2. The van der Waals surface area contributed by atoms with Crippen molar-refractivity contribution in [2.75, 3.05) is 6.54 Å². The van der Waals surface area contributed by atoms with Crippen LogP contribution in [0.2, 0.25) is 5.02 Å². The molecule has 0 aliphatic rings. The predicted octanol–water partition coefficient (Wildman–Crippen LogP) is 4.15. The van der Waals surface area contributed by atoms with Gasteiger partial charge in [0.15, 0.2) is 0 Å². The standard InChI is InChI=1S/C19H18ClN3OS/c20-16-3-1-14(2-4-16)7-12-22-18(24)5-6-19-23-17(13-25-19)15-8-10-21-11-9-15/h1-4,8-11,13H,5-7,12H2,(H,22,24). The molecular formula is C19H18ClN3OS. The number of thiazole rings is 1. The number of nitrogens with zero attached hydrogens (tertiary/aromatic N) is 2. The van der Waals surface area contributed by atoms with E-state index in [-0.39, 0.29) is 5.91 Å². The summed E-state index contributed by atoms with van der Waals surface area (Å²) < 4.78 is 0. The molecule has 0 saturated carbocycles. The number of carbonyl (C=O) groups is 1. The Labute approximate surface area is 155 Å². The Kier molecular flexibility index (Phi) is 6.14. The molecule has 0 atom stereocenters. The number of pyridine rings is 1. The first-order chi connectivity index (χ1) is 12.2. The first-order valence-corrected chi connectivity index (χ1v) is 9.32. The van der Waals surface area contributed by atoms with Crippen LogP contribution < -0.4 is 5.32 Å². The van der Waals surface area contributed by atoms with Crippen LogP contribution in [0.5, 0.6) is 0 Å². The minimum Gasteiger partial charge on any atom is -0.356 e. The molecule has 0 aliphatic carbocycles. The van der Waals surface area contributed by atoms with Gasteiger partial charge in [0, 0.05) is 47.7 Å². The van der Waals surface area contributed by atoms with E-state index in [0.29, 0.717) is 19.4 Å². The summed E-state index contributed by atoms with van der Waals surface area (Å²) >= 11 is 7.44. The zero-order chi connectivity index (χ0) is 17.5. The average molecular weight is 372 g/mol. The third-order valence-corrected chi connectivity index (χ3v) is 4.90. The third-order valence-electron chi connectivity index (χ3n) is 3.74. The number of halogens is 1. The molecule has 2 heterocycles. The summed E-state index contributed by atoms with van der Waals surface area (Å²) in [7, 11) is 0. The average Bonchev–Trinajstić information content (AvgIpc) is 3.11. The van der Waals surface area contributed by atoms with Crippen LogP contribution in [0.25, 0.3) is 11.3 Å². The van der Waals surface area contributed by atoms with Crippen LogP contribution in [0.1, 0.15) is 17.0 Å². The van der Waals surface area contributed by atoms with Crippen LogP contribution in [0, 0.1) is 0 Å². The Hall–Kier alpha value is -2.24. The van der Waals surface area contributed by atoms with Crippen molar-refractivity contribution < 1.29 is 4.79 Å². The van der Waals surface area contributed by atoms with Gasteiger partial charge in [-0.2, -0.15) is 0 Å². The predicted molar refractivity (Wildman–Crippen MR) is 102 cm³/mol. The molecule has 3 aromatic rings. The van der Waals surface area contributed by atoms with Gasteiger partial charge >= 0.3 is 0 Å². The van der Waals surface area contributed by atoms with E-state index in [1.807, 2.05) is 41.8 Å². The molecule has 0 unspecified atom stereocenters. The van der Waals surface area contributed by atoms with Crippen LogP contribution in [-0.4, -0.2) is 22.4 Å². The third kappa shape index (κ3) is 5.37. The lowest BCUT2D eigenvalue weighted by Gasteiger charge is -2.05. The molecule has 0 bridgehead atoms. The number of benzene rings is 1. The second-order valence-corrected chi connectivity index (χ2v) is 6.97. The minimum absolute atomic E-state index is 0.0506. The molecule has 0 spiro atoms. The summed E-state index contributed by atoms with van der Waals surface area (Å²) in [6.45, 7) is 0.626. The van der Waals surface area contributed by atoms with Gasteiger partial charge in [0.1, 0.15) is 0 Å². The lowest BCUT2D eigenvalue weighted by molar-refractivity contribution is -0.121. The second-order valence-electron chi connectivity index (χ2n) is 5.59. The van der Waals surface area contributed by atoms with E-state index < -0.39 is 0 Å². The number of rotatable bonds is 7. The van der Waals surface area contributed by atoms with Crippen LogP contribution in [0.15, 0.2) is 54.2 Å². The molecule has 0 aliphatic heterocycles. The van der Waals surface area contributed by atoms with Crippen molar-refractivity contribution in [2.24, 2.45) is 0 Å². The summed E-state index contributed by atoms with van der Waals surface area (Å²) in [5.41, 5.74) is 3.14.